The van der Waals surface area contributed by atoms with Gasteiger partial charge in [-0.25, -0.2) is 0 Å². The van der Waals surface area contributed by atoms with Gasteiger partial charge in [-0.3, -0.25) is 14.5 Å². The monoisotopic (exact) mass is 305 g/mol. The van der Waals surface area contributed by atoms with Crippen molar-refractivity contribution in [1.29, 1.82) is 0 Å². The van der Waals surface area contributed by atoms with Gasteiger partial charge in [0.1, 0.15) is 10.1 Å². The Hall–Kier alpha value is -0.420. The molecular weight excluding hydrogens is 293 g/mol. The number of likely N-dealkylation sites (tertiary alicyclic amines) is 1. The summed E-state index contributed by atoms with van der Waals surface area (Å²) < 4.78 is 0.955. The summed E-state index contributed by atoms with van der Waals surface area (Å²) in [5.74, 6) is 0.244. The van der Waals surface area contributed by atoms with Crippen LogP contribution in [0, 0.1) is 5.92 Å². The average Bonchev–Trinajstić information content (AvgIpc) is 2.63. The summed E-state index contributed by atoms with van der Waals surface area (Å²) in [6.07, 6.45) is 0.520. The fourth-order valence-electron chi connectivity index (χ4n) is 2.06. The Morgan fingerprint density at radius 2 is 2.28 bits per heavy atom. The smallest absolute Gasteiger partial charge is 0.179 e. The molecule has 0 bridgehead atoms. The van der Waals surface area contributed by atoms with Gasteiger partial charge in [0.25, 0.3) is 0 Å². The predicted molar refractivity (Wildman–Crippen MR) is 73.9 cm³/mol. The molecule has 1 aromatic rings. The minimum Gasteiger partial charge on any atom is -0.299 e. The molecule has 0 radical (unpaired) electrons. The number of piperidine rings is 1. The van der Waals surface area contributed by atoms with Crippen LogP contribution in [0.4, 0.5) is 0 Å². The molecule has 1 aliphatic rings. The van der Waals surface area contributed by atoms with Gasteiger partial charge in [-0.2, -0.15) is 0 Å². The zero-order valence-electron chi connectivity index (χ0n) is 9.91. The van der Waals surface area contributed by atoms with Crippen LogP contribution < -0.4 is 0 Å². The van der Waals surface area contributed by atoms with E-state index in [1.807, 2.05) is 11.8 Å². The van der Waals surface area contributed by atoms with Crippen molar-refractivity contribution in [1.82, 2.24) is 4.90 Å². The van der Waals surface area contributed by atoms with Crippen LogP contribution in [0.5, 0.6) is 0 Å². The van der Waals surface area contributed by atoms with E-state index in [1.54, 1.807) is 6.07 Å². The van der Waals surface area contributed by atoms with E-state index in [-0.39, 0.29) is 17.5 Å². The van der Waals surface area contributed by atoms with E-state index in [0.717, 1.165) is 0 Å². The van der Waals surface area contributed by atoms with Gasteiger partial charge in [0.15, 0.2) is 5.78 Å². The highest BCUT2D eigenvalue weighted by molar-refractivity contribution is 7.20. The summed E-state index contributed by atoms with van der Waals surface area (Å²) >= 11 is 13.0. The van der Waals surface area contributed by atoms with Crippen molar-refractivity contribution >= 4 is 46.1 Å². The SMILES string of the molecule is CC1CN(CC(=O)c2cc(Cl)sc2Cl)CCC1=O. The van der Waals surface area contributed by atoms with Crippen LogP contribution in [-0.4, -0.2) is 36.1 Å². The molecule has 1 aromatic heterocycles. The van der Waals surface area contributed by atoms with Gasteiger partial charge in [0, 0.05) is 25.4 Å². The van der Waals surface area contributed by atoms with Gasteiger partial charge in [-0.1, -0.05) is 30.1 Å². The highest BCUT2D eigenvalue weighted by atomic mass is 35.5. The summed E-state index contributed by atoms with van der Waals surface area (Å²) in [5.41, 5.74) is 0.483. The first-order valence-electron chi connectivity index (χ1n) is 5.70. The molecule has 98 valence electrons. The number of ketones is 2. The number of carbonyl (C=O) groups is 2. The first-order chi connectivity index (χ1) is 8.47. The highest BCUT2D eigenvalue weighted by Crippen LogP contribution is 2.31. The molecule has 0 N–H and O–H groups in total. The molecule has 2 heterocycles. The van der Waals surface area contributed by atoms with E-state index >= 15 is 0 Å². The summed E-state index contributed by atoms with van der Waals surface area (Å²) in [5, 5.41) is 0. The number of rotatable bonds is 3. The molecule has 1 saturated heterocycles. The average molecular weight is 306 g/mol. The van der Waals surface area contributed by atoms with Crippen LogP contribution >= 0.6 is 34.5 Å². The summed E-state index contributed by atoms with van der Waals surface area (Å²) in [4.78, 5) is 25.5. The zero-order valence-corrected chi connectivity index (χ0v) is 12.2. The van der Waals surface area contributed by atoms with Gasteiger partial charge in [-0.15, -0.1) is 11.3 Å². The summed E-state index contributed by atoms with van der Waals surface area (Å²) in [6.45, 7) is 3.47. The summed E-state index contributed by atoms with van der Waals surface area (Å²) in [6, 6.07) is 1.61. The molecule has 2 rings (SSSR count). The van der Waals surface area contributed by atoms with Crippen molar-refractivity contribution in [3.05, 3.63) is 20.3 Å². The Morgan fingerprint density at radius 3 is 2.83 bits per heavy atom. The Labute approximate surface area is 120 Å². The standard InChI is InChI=1S/C12H13Cl2NO2S/c1-7-5-15(3-2-9(7)16)6-10(17)8-4-11(13)18-12(8)14/h4,7H,2-3,5-6H2,1H3. The van der Waals surface area contributed by atoms with Crippen molar-refractivity contribution in [3.63, 3.8) is 0 Å². The van der Waals surface area contributed by atoms with Crippen LogP contribution in [-0.2, 0) is 4.79 Å². The second-order valence-corrected chi connectivity index (χ2v) is 6.80. The van der Waals surface area contributed by atoms with Gasteiger partial charge in [-0.05, 0) is 6.07 Å². The quantitative estimate of drug-likeness (QED) is 0.805. The highest BCUT2D eigenvalue weighted by Gasteiger charge is 2.25. The Bertz CT molecular complexity index is 486. The molecule has 1 fully saturated rings. The first-order valence-corrected chi connectivity index (χ1v) is 7.27. The number of hydrogen-bond donors (Lipinski definition) is 0. The van der Waals surface area contributed by atoms with Crippen LogP contribution in [0.15, 0.2) is 6.07 Å². The lowest BCUT2D eigenvalue weighted by atomic mass is 9.98. The molecule has 3 nitrogen and oxygen atoms in total. The van der Waals surface area contributed by atoms with Gasteiger partial charge in [0.2, 0.25) is 0 Å². The Balaban J connectivity index is 2.00. The van der Waals surface area contributed by atoms with Gasteiger partial charge in [0.05, 0.1) is 16.4 Å². The molecule has 1 unspecified atom stereocenters. The molecule has 0 aliphatic carbocycles. The molecule has 6 heteroatoms. The van der Waals surface area contributed by atoms with Crippen molar-refractivity contribution in [3.8, 4) is 0 Å². The Morgan fingerprint density at radius 1 is 1.56 bits per heavy atom. The predicted octanol–water partition coefficient (Wildman–Crippen LogP) is 3.15. The fraction of sp³-hybridized carbons (Fsp3) is 0.500. The van der Waals surface area contributed by atoms with Crippen molar-refractivity contribution in [2.75, 3.05) is 19.6 Å². The molecule has 1 atom stereocenters. The maximum atomic E-state index is 12.1. The van der Waals surface area contributed by atoms with E-state index < -0.39 is 0 Å². The molecule has 1 aliphatic heterocycles. The van der Waals surface area contributed by atoms with Gasteiger partial charge >= 0.3 is 0 Å². The molecule has 0 amide bonds. The number of halogens is 2. The van der Waals surface area contributed by atoms with E-state index in [0.29, 0.717) is 40.3 Å². The van der Waals surface area contributed by atoms with E-state index in [2.05, 4.69) is 0 Å². The number of nitrogens with zero attached hydrogens (tertiary/aromatic N) is 1. The third-order valence-corrected chi connectivity index (χ3v) is 4.57. The summed E-state index contributed by atoms with van der Waals surface area (Å²) in [7, 11) is 0. The van der Waals surface area contributed by atoms with Crippen LogP contribution in [0.25, 0.3) is 0 Å². The lowest BCUT2D eigenvalue weighted by molar-refractivity contribution is -0.125. The maximum Gasteiger partial charge on any atom is 0.179 e. The lowest BCUT2D eigenvalue weighted by Crippen LogP contribution is -2.42. The lowest BCUT2D eigenvalue weighted by Gasteiger charge is -2.29. The van der Waals surface area contributed by atoms with Crippen molar-refractivity contribution in [2.24, 2.45) is 5.92 Å². The second kappa shape index (κ2) is 5.70. The van der Waals surface area contributed by atoms with Crippen LogP contribution in [0.1, 0.15) is 23.7 Å². The Kier molecular flexibility index (Phi) is 4.43. The zero-order chi connectivity index (χ0) is 13.3. The van der Waals surface area contributed by atoms with Crippen molar-refractivity contribution in [2.45, 2.75) is 13.3 Å². The number of hydrogen-bond acceptors (Lipinski definition) is 4. The van der Waals surface area contributed by atoms with Crippen molar-refractivity contribution < 1.29 is 9.59 Å². The topological polar surface area (TPSA) is 37.4 Å². The molecular formula is C12H13Cl2NO2S. The normalized spacial score (nSPS) is 21.3. The number of carbonyl (C=O) groups excluding carboxylic acids is 2. The van der Waals surface area contributed by atoms with Gasteiger partial charge < -0.3 is 0 Å². The maximum absolute atomic E-state index is 12.1. The number of thiophene rings is 1. The van der Waals surface area contributed by atoms with Crippen LogP contribution in [0.3, 0.4) is 0 Å². The molecule has 0 saturated carbocycles. The van der Waals surface area contributed by atoms with Crippen LogP contribution in [0.2, 0.25) is 8.67 Å². The fourth-order valence-corrected chi connectivity index (χ4v) is 3.56. The molecule has 0 spiro atoms. The molecule has 18 heavy (non-hydrogen) atoms. The number of Topliss-reactive ketones (excluding diaryl/α,β-unsaturated/α-hetero) is 2. The third kappa shape index (κ3) is 3.12. The molecule has 0 aromatic carbocycles. The first kappa shape index (κ1) is 14.0. The van der Waals surface area contributed by atoms with E-state index in [4.69, 9.17) is 23.2 Å². The van der Waals surface area contributed by atoms with E-state index in [9.17, 15) is 9.59 Å². The minimum atomic E-state index is -0.0373. The van der Waals surface area contributed by atoms with E-state index in [1.165, 1.54) is 11.3 Å². The second-order valence-electron chi connectivity index (χ2n) is 4.51. The third-order valence-electron chi connectivity index (χ3n) is 3.08. The largest absolute Gasteiger partial charge is 0.299 e. The minimum absolute atomic E-state index is 0.00749.